The fourth-order valence-electron chi connectivity index (χ4n) is 2.63. The topological polar surface area (TPSA) is 66.6 Å². The molecule has 0 aromatic heterocycles. The molecule has 0 aliphatic carbocycles. The molecule has 2 N–H and O–H groups in total. The lowest BCUT2D eigenvalue weighted by atomic mass is 10.3. The Kier molecular flexibility index (Phi) is 6.73. The second kappa shape index (κ2) is 7.57. The van der Waals surface area contributed by atoms with Crippen LogP contribution in [-0.4, -0.2) is 55.2 Å². The van der Waals surface area contributed by atoms with Gasteiger partial charge in [0.1, 0.15) is 0 Å². The van der Waals surface area contributed by atoms with Crippen molar-refractivity contribution in [1.29, 1.82) is 0 Å². The largest absolute Gasteiger partial charge is 0.316 e. The van der Waals surface area contributed by atoms with E-state index in [-0.39, 0.29) is 11.4 Å². The van der Waals surface area contributed by atoms with Crippen molar-refractivity contribution < 1.29 is 8.42 Å². The summed E-state index contributed by atoms with van der Waals surface area (Å²) in [6.07, 6.45) is 3.29. The number of hydrogen-bond acceptors (Lipinski definition) is 4. The summed E-state index contributed by atoms with van der Waals surface area (Å²) in [4.78, 5) is 2.10. The zero-order valence-corrected chi connectivity index (χ0v) is 13.3. The van der Waals surface area contributed by atoms with Crippen molar-refractivity contribution >= 4 is 10.0 Å². The lowest BCUT2D eigenvalue weighted by Crippen LogP contribution is -2.44. The van der Waals surface area contributed by atoms with E-state index in [9.17, 15) is 8.42 Å². The van der Waals surface area contributed by atoms with E-state index >= 15 is 0 Å². The Balaban J connectivity index is 2.72. The van der Waals surface area contributed by atoms with Gasteiger partial charge < -0.3 is 5.73 Å². The first kappa shape index (κ1) is 16.9. The van der Waals surface area contributed by atoms with E-state index < -0.39 is 10.0 Å². The molecule has 114 valence electrons. The van der Waals surface area contributed by atoms with Crippen LogP contribution in [0.2, 0.25) is 0 Å². The minimum absolute atomic E-state index is 0.00833. The maximum absolute atomic E-state index is 12.6. The van der Waals surface area contributed by atoms with Gasteiger partial charge >= 0.3 is 0 Å². The monoisotopic (exact) mass is 291 g/mol. The molecular formula is C13H29N3O2S. The molecule has 0 radical (unpaired) electrons. The Bertz CT molecular complexity index is 353. The molecule has 0 amide bonds. The molecule has 19 heavy (non-hydrogen) atoms. The number of nitrogens with two attached hydrogens (primary N) is 1. The van der Waals surface area contributed by atoms with Crippen molar-refractivity contribution in [2.24, 2.45) is 5.73 Å². The van der Waals surface area contributed by atoms with Crippen LogP contribution in [0.25, 0.3) is 0 Å². The van der Waals surface area contributed by atoms with Crippen molar-refractivity contribution in [3.8, 4) is 0 Å². The second-order valence-corrected chi connectivity index (χ2v) is 7.54. The number of hydrogen-bond donors (Lipinski definition) is 1. The van der Waals surface area contributed by atoms with Crippen molar-refractivity contribution in [2.75, 3.05) is 26.2 Å². The molecule has 1 aliphatic heterocycles. The average molecular weight is 291 g/mol. The molecule has 6 heteroatoms. The predicted molar refractivity (Wildman–Crippen MR) is 79.3 cm³/mol. The molecule has 1 aliphatic rings. The number of likely N-dealkylation sites (tertiary alicyclic amines) is 1. The summed E-state index contributed by atoms with van der Waals surface area (Å²) in [5, 5.41) is -0.275. The van der Waals surface area contributed by atoms with Crippen LogP contribution >= 0.6 is 0 Å². The third kappa shape index (κ3) is 4.15. The van der Waals surface area contributed by atoms with E-state index in [0.717, 1.165) is 25.8 Å². The van der Waals surface area contributed by atoms with E-state index in [1.54, 1.807) is 4.31 Å². The Morgan fingerprint density at radius 2 is 1.84 bits per heavy atom. The van der Waals surface area contributed by atoms with Crippen molar-refractivity contribution in [3.05, 3.63) is 0 Å². The van der Waals surface area contributed by atoms with E-state index in [2.05, 4.69) is 4.90 Å². The van der Waals surface area contributed by atoms with Gasteiger partial charge in [-0.1, -0.05) is 20.8 Å². The van der Waals surface area contributed by atoms with Crippen LogP contribution in [0, 0.1) is 0 Å². The normalized spacial score (nSPS) is 23.1. The van der Waals surface area contributed by atoms with Gasteiger partial charge in [0.15, 0.2) is 0 Å². The van der Waals surface area contributed by atoms with Gasteiger partial charge in [0.05, 0.1) is 11.4 Å². The summed E-state index contributed by atoms with van der Waals surface area (Å²) in [6, 6.07) is 0. The van der Waals surface area contributed by atoms with Crippen LogP contribution in [-0.2, 0) is 10.0 Å². The highest BCUT2D eigenvalue weighted by Gasteiger charge is 2.37. The highest BCUT2D eigenvalue weighted by atomic mass is 32.2. The van der Waals surface area contributed by atoms with E-state index in [4.69, 9.17) is 5.73 Å². The Morgan fingerprint density at radius 1 is 1.26 bits per heavy atom. The molecule has 1 fully saturated rings. The van der Waals surface area contributed by atoms with Crippen molar-refractivity contribution in [3.63, 3.8) is 0 Å². The molecule has 2 atom stereocenters. The van der Waals surface area contributed by atoms with Crippen molar-refractivity contribution in [2.45, 2.75) is 57.9 Å². The van der Waals surface area contributed by atoms with Crippen LogP contribution in [0.1, 0.15) is 46.5 Å². The first-order valence-corrected chi connectivity index (χ1v) is 8.96. The van der Waals surface area contributed by atoms with E-state index in [0.29, 0.717) is 26.1 Å². The minimum atomic E-state index is -3.16. The van der Waals surface area contributed by atoms with Gasteiger partial charge in [0.25, 0.3) is 0 Å². The van der Waals surface area contributed by atoms with Gasteiger partial charge in [-0.25, -0.2) is 12.7 Å². The van der Waals surface area contributed by atoms with Crippen LogP contribution in [0.4, 0.5) is 0 Å². The highest BCUT2D eigenvalue weighted by Crippen LogP contribution is 2.22. The fourth-order valence-corrected chi connectivity index (χ4v) is 4.71. The second-order valence-electron chi connectivity index (χ2n) is 5.33. The quantitative estimate of drug-likeness (QED) is 0.730. The molecule has 1 rings (SSSR count). The van der Waals surface area contributed by atoms with Gasteiger partial charge in [0.2, 0.25) is 10.0 Å². The molecule has 2 unspecified atom stereocenters. The average Bonchev–Trinajstić information content (AvgIpc) is 2.87. The fraction of sp³-hybridized carbons (Fsp3) is 1.00. The lowest BCUT2D eigenvalue weighted by Gasteiger charge is -2.26. The maximum atomic E-state index is 12.6. The van der Waals surface area contributed by atoms with Crippen LogP contribution in [0.15, 0.2) is 0 Å². The highest BCUT2D eigenvalue weighted by molar-refractivity contribution is 7.89. The minimum Gasteiger partial charge on any atom is -0.316 e. The van der Waals surface area contributed by atoms with E-state index in [1.165, 1.54) is 0 Å². The summed E-state index contributed by atoms with van der Waals surface area (Å²) in [6.45, 7) is 8.72. The first-order chi connectivity index (χ1) is 8.97. The summed E-state index contributed by atoms with van der Waals surface area (Å²) < 4.78 is 26.9. The van der Waals surface area contributed by atoms with Gasteiger partial charge in [0, 0.05) is 26.2 Å². The van der Waals surface area contributed by atoms with Crippen LogP contribution in [0.5, 0.6) is 0 Å². The predicted octanol–water partition coefficient (Wildman–Crippen LogP) is 1.21. The number of rotatable bonds is 8. The molecule has 5 nitrogen and oxygen atoms in total. The van der Waals surface area contributed by atoms with Crippen LogP contribution < -0.4 is 5.73 Å². The zero-order valence-electron chi connectivity index (χ0n) is 12.5. The molecule has 0 aromatic carbocycles. The Morgan fingerprint density at radius 3 is 2.32 bits per heavy atom. The lowest BCUT2D eigenvalue weighted by molar-refractivity contribution is 0.241. The van der Waals surface area contributed by atoms with Gasteiger partial charge in [-0.2, -0.15) is 0 Å². The molecule has 0 saturated carbocycles. The summed E-state index contributed by atoms with van der Waals surface area (Å²) in [7, 11) is -3.16. The van der Waals surface area contributed by atoms with Gasteiger partial charge in [-0.05, 0) is 25.7 Å². The van der Waals surface area contributed by atoms with Gasteiger partial charge in [-0.3, -0.25) is 4.90 Å². The maximum Gasteiger partial charge on any atom is 0.218 e. The summed E-state index contributed by atoms with van der Waals surface area (Å²) >= 11 is 0. The smallest absolute Gasteiger partial charge is 0.218 e. The molecule has 1 heterocycles. The molecular weight excluding hydrogens is 262 g/mol. The van der Waals surface area contributed by atoms with Gasteiger partial charge in [-0.15, -0.1) is 0 Å². The Hall–Kier alpha value is -0.170. The molecule has 0 bridgehead atoms. The molecule has 0 spiro atoms. The third-order valence-electron chi connectivity index (χ3n) is 3.79. The summed E-state index contributed by atoms with van der Waals surface area (Å²) in [5.74, 6) is 0. The van der Waals surface area contributed by atoms with Crippen molar-refractivity contribution in [1.82, 2.24) is 9.21 Å². The molecule has 0 aromatic rings. The zero-order chi connectivity index (χ0) is 14.5. The van der Waals surface area contributed by atoms with Crippen LogP contribution in [0.3, 0.4) is 0 Å². The Labute approximate surface area is 118 Å². The number of nitrogens with zero attached hydrogens (tertiary/aromatic N) is 2. The molecule has 1 saturated heterocycles. The van der Waals surface area contributed by atoms with E-state index in [1.807, 2.05) is 20.8 Å². The number of sulfonamides is 1. The standard InChI is InChI=1S/C13H29N3O2S/c1-4-8-16(9-5-2)19(17,18)12-7-10-15(11-12)13(14)6-3/h12-13H,4-11,14H2,1-3H3. The first-order valence-electron chi connectivity index (χ1n) is 7.45. The SMILES string of the molecule is CCCN(CCC)S(=O)(=O)C1CCN(C(N)CC)C1. The summed E-state index contributed by atoms with van der Waals surface area (Å²) in [5.41, 5.74) is 5.99. The third-order valence-corrected chi connectivity index (χ3v) is 6.10.